The molecule has 0 saturated heterocycles. The van der Waals surface area contributed by atoms with E-state index in [1.54, 1.807) is 7.05 Å². The first kappa shape index (κ1) is 17.3. The van der Waals surface area contributed by atoms with Gasteiger partial charge in [0.15, 0.2) is 5.96 Å². The highest BCUT2D eigenvalue weighted by molar-refractivity contribution is 5.79. The molecule has 3 rings (SSSR count). The van der Waals surface area contributed by atoms with Gasteiger partial charge in [0, 0.05) is 32.4 Å². The Balaban J connectivity index is 1.43. The second-order valence-electron chi connectivity index (χ2n) is 6.52. The number of nitrogens with zero attached hydrogens (tertiary/aromatic N) is 2. The first-order chi connectivity index (χ1) is 12.2. The molecule has 2 N–H and O–H groups in total. The minimum absolute atomic E-state index is 0.670. The molecule has 0 atom stereocenters. The number of hydrogen-bond donors (Lipinski definition) is 2. The Hall–Kier alpha value is -2.56. The van der Waals surface area contributed by atoms with E-state index in [1.807, 2.05) is 18.3 Å². The number of aryl methyl sites for hydroxylation is 1. The highest BCUT2D eigenvalue weighted by atomic mass is 16.5. The molecule has 1 saturated carbocycles. The third kappa shape index (κ3) is 5.78. The van der Waals surface area contributed by atoms with Gasteiger partial charge in [-0.3, -0.25) is 4.99 Å². The van der Waals surface area contributed by atoms with Gasteiger partial charge in [0.1, 0.15) is 0 Å². The third-order valence-corrected chi connectivity index (χ3v) is 4.23. The van der Waals surface area contributed by atoms with Crippen LogP contribution in [0.1, 0.15) is 29.5 Å². The number of nitrogens with one attached hydrogen (secondary N) is 2. The summed E-state index contributed by atoms with van der Waals surface area (Å²) in [6, 6.07) is 12.5. The fraction of sp³-hybridized carbons (Fsp3) is 0.400. The zero-order valence-corrected chi connectivity index (χ0v) is 15.0. The predicted molar refractivity (Wildman–Crippen MR) is 101 cm³/mol. The third-order valence-electron chi connectivity index (χ3n) is 4.23. The zero-order valence-electron chi connectivity index (χ0n) is 15.0. The molecule has 25 heavy (non-hydrogen) atoms. The van der Waals surface area contributed by atoms with Gasteiger partial charge in [-0.15, -0.1) is 0 Å². The molecule has 1 aliphatic carbocycles. The van der Waals surface area contributed by atoms with E-state index in [0.29, 0.717) is 12.4 Å². The Bertz CT molecular complexity index is 691. The van der Waals surface area contributed by atoms with Crippen LogP contribution in [0.3, 0.4) is 0 Å². The summed E-state index contributed by atoms with van der Waals surface area (Å²) in [5.41, 5.74) is 3.59. The molecule has 0 spiro atoms. The van der Waals surface area contributed by atoms with Gasteiger partial charge in [0.2, 0.25) is 5.88 Å². The van der Waals surface area contributed by atoms with Crippen molar-refractivity contribution in [1.82, 2.24) is 15.6 Å². The van der Waals surface area contributed by atoms with Gasteiger partial charge in [-0.1, -0.05) is 35.9 Å². The number of ether oxygens (including phenoxy) is 1. The minimum atomic E-state index is 0.670. The lowest BCUT2D eigenvalue weighted by atomic mass is 10.1. The van der Waals surface area contributed by atoms with Gasteiger partial charge >= 0.3 is 0 Å². The van der Waals surface area contributed by atoms with Crippen molar-refractivity contribution in [3.8, 4) is 5.88 Å². The Labute approximate surface area is 149 Å². The van der Waals surface area contributed by atoms with Crippen molar-refractivity contribution < 1.29 is 4.74 Å². The van der Waals surface area contributed by atoms with E-state index < -0.39 is 0 Å². The van der Waals surface area contributed by atoms with Crippen LogP contribution in [0.5, 0.6) is 5.88 Å². The first-order valence-corrected chi connectivity index (χ1v) is 8.81. The molecule has 1 aromatic carbocycles. The fourth-order valence-electron chi connectivity index (χ4n) is 2.39. The maximum absolute atomic E-state index is 5.66. The highest BCUT2D eigenvalue weighted by Crippen LogP contribution is 2.29. The van der Waals surface area contributed by atoms with Crippen molar-refractivity contribution in [2.45, 2.75) is 32.9 Å². The van der Waals surface area contributed by atoms with Gasteiger partial charge in [0.25, 0.3) is 0 Å². The number of pyridine rings is 1. The molecule has 5 heteroatoms. The molecule has 1 fully saturated rings. The largest absolute Gasteiger partial charge is 0.477 e. The van der Waals surface area contributed by atoms with E-state index in [-0.39, 0.29) is 0 Å². The van der Waals surface area contributed by atoms with Crippen molar-refractivity contribution in [2.24, 2.45) is 10.9 Å². The zero-order chi connectivity index (χ0) is 17.5. The maximum atomic E-state index is 5.66. The number of aromatic nitrogens is 1. The predicted octanol–water partition coefficient (Wildman–Crippen LogP) is 3.04. The molecule has 0 aliphatic heterocycles. The standard InChI is InChI=1S/C20H26N4O/c1-15-3-5-16(6-4-15)11-23-20(21-2)24-13-18-9-10-19(22-12-18)25-14-17-7-8-17/h3-6,9-10,12,17H,7-8,11,13-14H2,1-2H3,(H2,21,23,24). The molecule has 0 radical (unpaired) electrons. The Morgan fingerprint density at radius 3 is 2.36 bits per heavy atom. The quantitative estimate of drug-likeness (QED) is 0.602. The van der Waals surface area contributed by atoms with E-state index >= 15 is 0 Å². The van der Waals surface area contributed by atoms with Crippen LogP contribution in [-0.4, -0.2) is 24.6 Å². The second kappa shape index (κ2) is 8.51. The van der Waals surface area contributed by atoms with Crippen molar-refractivity contribution in [3.05, 3.63) is 59.3 Å². The van der Waals surface area contributed by atoms with Gasteiger partial charge in [0.05, 0.1) is 6.61 Å². The second-order valence-corrected chi connectivity index (χ2v) is 6.52. The van der Waals surface area contributed by atoms with E-state index in [1.165, 1.54) is 24.0 Å². The summed E-state index contributed by atoms with van der Waals surface area (Å²) in [5.74, 6) is 2.22. The molecule has 0 bridgehead atoms. The molecular formula is C20H26N4O. The van der Waals surface area contributed by atoms with Gasteiger partial charge in [-0.05, 0) is 36.8 Å². The van der Waals surface area contributed by atoms with Crippen LogP contribution >= 0.6 is 0 Å². The smallest absolute Gasteiger partial charge is 0.213 e. The number of aliphatic imine (C=N–C) groups is 1. The lowest BCUT2D eigenvalue weighted by molar-refractivity contribution is 0.288. The lowest BCUT2D eigenvalue weighted by Gasteiger charge is -2.12. The molecule has 1 heterocycles. The number of hydrogen-bond acceptors (Lipinski definition) is 3. The van der Waals surface area contributed by atoms with Crippen molar-refractivity contribution in [1.29, 1.82) is 0 Å². The topological polar surface area (TPSA) is 58.5 Å². The number of rotatable bonds is 7. The molecule has 1 aliphatic rings. The number of benzene rings is 1. The Morgan fingerprint density at radius 1 is 1.08 bits per heavy atom. The van der Waals surface area contributed by atoms with E-state index in [4.69, 9.17) is 4.74 Å². The van der Waals surface area contributed by atoms with E-state index in [2.05, 4.69) is 51.8 Å². The summed E-state index contributed by atoms with van der Waals surface area (Å²) < 4.78 is 5.66. The monoisotopic (exact) mass is 338 g/mol. The lowest BCUT2D eigenvalue weighted by Crippen LogP contribution is -2.36. The number of guanidine groups is 1. The van der Waals surface area contributed by atoms with Crippen LogP contribution in [0, 0.1) is 12.8 Å². The summed E-state index contributed by atoms with van der Waals surface area (Å²) in [6.45, 7) is 4.30. The molecular weight excluding hydrogens is 312 g/mol. The van der Waals surface area contributed by atoms with Crippen molar-refractivity contribution in [3.63, 3.8) is 0 Å². The Morgan fingerprint density at radius 2 is 1.76 bits per heavy atom. The van der Waals surface area contributed by atoms with Crippen molar-refractivity contribution in [2.75, 3.05) is 13.7 Å². The van der Waals surface area contributed by atoms with Crippen LogP contribution in [0.15, 0.2) is 47.6 Å². The van der Waals surface area contributed by atoms with E-state index in [0.717, 1.165) is 30.6 Å². The summed E-state index contributed by atoms with van der Waals surface area (Å²) in [4.78, 5) is 8.62. The maximum Gasteiger partial charge on any atom is 0.213 e. The van der Waals surface area contributed by atoms with Gasteiger partial charge in [-0.2, -0.15) is 0 Å². The fourth-order valence-corrected chi connectivity index (χ4v) is 2.39. The van der Waals surface area contributed by atoms with Crippen LogP contribution in [0.2, 0.25) is 0 Å². The summed E-state index contributed by atoms with van der Waals surface area (Å²) >= 11 is 0. The Kier molecular flexibility index (Phi) is 5.88. The van der Waals surface area contributed by atoms with Crippen LogP contribution in [0.4, 0.5) is 0 Å². The molecule has 132 valence electrons. The normalized spacial score (nSPS) is 14.2. The van der Waals surface area contributed by atoms with Gasteiger partial charge in [-0.25, -0.2) is 4.98 Å². The SMILES string of the molecule is CN=C(NCc1ccc(C)cc1)NCc1ccc(OCC2CC2)nc1. The van der Waals surface area contributed by atoms with Crippen molar-refractivity contribution >= 4 is 5.96 Å². The average molecular weight is 338 g/mol. The highest BCUT2D eigenvalue weighted by Gasteiger charge is 2.21. The minimum Gasteiger partial charge on any atom is -0.477 e. The molecule has 2 aromatic rings. The molecule has 5 nitrogen and oxygen atoms in total. The summed E-state index contributed by atoms with van der Waals surface area (Å²) in [5, 5.41) is 6.63. The summed E-state index contributed by atoms with van der Waals surface area (Å²) in [6.07, 6.45) is 4.43. The van der Waals surface area contributed by atoms with E-state index in [9.17, 15) is 0 Å². The first-order valence-electron chi connectivity index (χ1n) is 8.81. The van der Waals surface area contributed by atoms with Crippen LogP contribution in [-0.2, 0) is 13.1 Å². The van der Waals surface area contributed by atoms with Gasteiger partial charge < -0.3 is 15.4 Å². The van der Waals surface area contributed by atoms with Crippen LogP contribution < -0.4 is 15.4 Å². The molecule has 0 unspecified atom stereocenters. The molecule has 1 aromatic heterocycles. The average Bonchev–Trinajstić information content (AvgIpc) is 3.47. The summed E-state index contributed by atoms with van der Waals surface area (Å²) in [7, 11) is 1.78. The van der Waals surface area contributed by atoms with Crippen LogP contribution in [0.25, 0.3) is 0 Å². The molecule has 0 amide bonds.